The third-order valence-corrected chi connectivity index (χ3v) is 1.69. The van der Waals surface area contributed by atoms with E-state index in [2.05, 4.69) is 12.7 Å². The van der Waals surface area contributed by atoms with Gasteiger partial charge >= 0.3 is 0 Å². The van der Waals surface area contributed by atoms with E-state index in [0.29, 0.717) is 6.42 Å². The third-order valence-electron chi connectivity index (χ3n) is 1.13. The molecule has 0 rings (SSSR count). The van der Waals surface area contributed by atoms with Gasteiger partial charge in [0.15, 0.2) is 10.3 Å². The highest BCUT2D eigenvalue weighted by molar-refractivity contribution is 7.83. The van der Waals surface area contributed by atoms with Gasteiger partial charge in [0.05, 0.1) is 6.54 Å². The van der Waals surface area contributed by atoms with E-state index in [0.717, 1.165) is 6.54 Å². The van der Waals surface area contributed by atoms with Gasteiger partial charge in [-0.1, -0.05) is 20.3 Å². The Kier molecular flexibility index (Phi) is 11.7. The highest BCUT2D eigenvalue weighted by atomic mass is 32.2. The molecule has 0 fully saturated rings. The zero-order chi connectivity index (χ0) is 10.7. The lowest BCUT2D eigenvalue weighted by atomic mass is 10.3. The molecule has 0 bridgehead atoms. The average Bonchev–Trinajstić information content (AvgIpc) is 2.02. The predicted octanol–water partition coefficient (Wildman–Crippen LogP) is -0.525. The van der Waals surface area contributed by atoms with Crippen LogP contribution in [0.1, 0.15) is 33.1 Å². The van der Waals surface area contributed by atoms with Crippen LogP contribution in [0.2, 0.25) is 0 Å². The Morgan fingerprint density at radius 3 is 1.92 bits per heavy atom. The van der Waals surface area contributed by atoms with E-state index in [4.69, 9.17) is 0 Å². The van der Waals surface area contributed by atoms with Crippen molar-refractivity contribution in [3.63, 3.8) is 0 Å². The molecule has 0 saturated carbocycles. The number of rotatable bonds is 5. The van der Waals surface area contributed by atoms with Gasteiger partial charge in [0.25, 0.3) is 0 Å². The second-order valence-corrected chi connectivity index (χ2v) is 3.75. The van der Waals surface area contributed by atoms with Crippen LogP contribution in [0, 0.1) is 0 Å². The molecule has 0 atom stereocenters. The van der Waals surface area contributed by atoms with Gasteiger partial charge in [-0.3, -0.25) is 0 Å². The van der Waals surface area contributed by atoms with Crippen LogP contribution >= 0.6 is 0 Å². The molecule has 0 aromatic heterocycles. The molecule has 0 aromatic carbocycles. The molecule has 0 aliphatic carbocycles. The first kappa shape index (κ1) is 15.3. The second kappa shape index (κ2) is 9.91. The van der Waals surface area contributed by atoms with Crippen LogP contribution in [0.4, 0.5) is 0 Å². The number of hydrogen-bond acceptors (Lipinski definition) is 3. The summed E-state index contributed by atoms with van der Waals surface area (Å²) in [5.74, 6) is 0. The molecule has 0 heterocycles. The topological polar surface area (TPSA) is 96.9 Å². The number of hydrogen-bond donors (Lipinski definition) is 2. The molecule has 13 heavy (non-hydrogen) atoms. The summed E-state index contributed by atoms with van der Waals surface area (Å²) in [6.07, 6.45) is 3.20. The minimum Gasteiger partial charge on any atom is -0.735 e. The fourth-order valence-electron chi connectivity index (χ4n) is 0.477. The lowest BCUT2D eigenvalue weighted by molar-refractivity contribution is -0.368. The van der Waals surface area contributed by atoms with Crippen molar-refractivity contribution in [3.8, 4) is 0 Å². The fourth-order valence-corrected chi connectivity index (χ4v) is 0.931. The number of unbranched alkanes of at least 4 members (excludes halogenated alkanes) is 1. The summed E-state index contributed by atoms with van der Waals surface area (Å²) in [5, 5.41) is 0. The summed E-state index contributed by atoms with van der Waals surface area (Å²) in [6, 6.07) is 0. The van der Waals surface area contributed by atoms with E-state index in [-0.39, 0.29) is 6.54 Å². The second-order valence-electron chi connectivity index (χ2n) is 2.56. The molecule has 0 aliphatic heterocycles. The van der Waals surface area contributed by atoms with Gasteiger partial charge in [0.1, 0.15) is 0 Å². The molecule has 0 aromatic rings. The first-order chi connectivity index (χ1) is 5.97. The SMILES string of the molecule is CCCC[NH3+].CCCNS(=O)(=O)[O-]. The van der Waals surface area contributed by atoms with Crippen LogP contribution in [0.25, 0.3) is 0 Å². The molecule has 0 saturated heterocycles. The normalized spacial score (nSPS) is 10.5. The Hall–Kier alpha value is -0.170. The maximum absolute atomic E-state index is 9.72. The lowest BCUT2D eigenvalue weighted by Gasteiger charge is -2.05. The molecule has 0 radical (unpaired) electrons. The average molecular weight is 212 g/mol. The Labute approximate surface area is 80.6 Å². The Morgan fingerprint density at radius 1 is 1.31 bits per heavy atom. The summed E-state index contributed by atoms with van der Waals surface area (Å²) < 4.78 is 31.0. The number of nitrogens with one attached hydrogen (secondary N) is 1. The summed E-state index contributed by atoms with van der Waals surface area (Å²) >= 11 is 0. The van der Waals surface area contributed by atoms with Gasteiger partial charge in [-0.05, 0) is 12.8 Å². The Bertz CT molecular complexity index is 178. The van der Waals surface area contributed by atoms with Gasteiger partial charge in [0, 0.05) is 6.54 Å². The van der Waals surface area contributed by atoms with Crippen molar-refractivity contribution in [2.24, 2.45) is 0 Å². The molecule has 0 amide bonds. The van der Waals surface area contributed by atoms with Crippen molar-refractivity contribution in [2.45, 2.75) is 33.1 Å². The first-order valence-electron chi connectivity index (χ1n) is 4.47. The van der Waals surface area contributed by atoms with E-state index < -0.39 is 10.3 Å². The zero-order valence-corrected chi connectivity index (χ0v) is 9.19. The predicted molar refractivity (Wildman–Crippen MR) is 50.7 cm³/mol. The summed E-state index contributed by atoms with van der Waals surface area (Å²) in [4.78, 5) is 0. The minimum atomic E-state index is -4.19. The summed E-state index contributed by atoms with van der Waals surface area (Å²) in [7, 11) is -4.19. The van der Waals surface area contributed by atoms with Gasteiger partial charge in [-0.2, -0.15) is 0 Å². The smallest absolute Gasteiger partial charge is 0.159 e. The van der Waals surface area contributed by atoms with Gasteiger partial charge < -0.3 is 10.3 Å². The molecular weight excluding hydrogens is 192 g/mol. The van der Waals surface area contributed by atoms with Crippen molar-refractivity contribution in [1.82, 2.24) is 4.72 Å². The van der Waals surface area contributed by atoms with Crippen LogP contribution in [0.3, 0.4) is 0 Å². The van der Waals surface area contributed by atoms with Crippen molar-refractivity contribution in [2.75, 3.05) is 13.1 Å². The molecule has 0 spiro atoms. The molecular formula is C7H20N2O3S. The van der Waals surface area contributed by atoms with E-state index in [1.165, 1.54) is 12.8 Å². The number of quaternary nitrogens is 1. The highest BCUT2D eigenvalue weighted by Crippen LogP contribution is 1.75. The quantitative estimate of drug-likeness (QED) is 0.600. The fraction of sp³-hybridized carbons (Fsp3) is 1.00. The highest BCUT2D eigenvalue weighted by Gasteiger charge is 1.86. The van der Waals surface area contributed by atoms with Crippen LogP contribution in [-0.2, 0) is 10.3 Å². The maximum atomic E-state index is 9.72. The van der Waals surface area contributed by atoms with Gasteiger partial charge in [-0.15, -0.1) is 0 Å². The standard InChI is InChI=1S/C4H11N.C3H9NO3S/c1-2-3-4-5;1-2-3-4-8(5,6)7/h2-5H2,1H3;4H,2-3H2,1H3,(H,5,6,7). The Morgan fingerprint density at radius 2 is 1.85 bits per heavy atom. The van der Waals surface area contributed by atoms with Crippen LogP contribution in [0.15, 0.2) is 0 Å². The van der Waals surface area contributed by atoms with Crippen molar-refractivity contribution in [3.05, 3.63) is 0 Å². The third kappa shape index (κ3) is 24.5. The lowest BCUT2D eigenvalue weighted by Crippen LogP contribution is -2.49. The molecule has 0 unspecified atom stereocenters. The van der Waals surface area contributed by atoms with Crippen molar-refractivity contribution < 1.29 is 18.7 Å². The van der Waals surface area contributed by atoms with Crippen molar-refractivity contribution in [1.29, 1.82) is 0 Å². The van der Waals surface area contributed by atoms with E-state index in [1.807, 2.05) is 0 Å². The van der Waals surface area contributed by atoms with Crippen LogP contribution in [-0.4, -0.2) is 26.1 Å². The van der Waals surface area contributed by atoms with Crippen LogP contribution < -0.4 is 10.5 Å². The van der Waals surface area contributed by atoms with Crippen LogP contribution in [0.5, 0.6) is 0 Å². The first-order valence-corrected chi connectivity index (χ1v) is 5.88. The molecule has 6 heteroatoms. The van der Waals surface area contributed by atoms with Gasteiger partial charge in [0.2, 0.25) is 0 Å². The maximum Gasteiger partial charge on any atom is 0.159 e. The van der Waals surface area contributed by atoms with E-state index in [1.54, 1.807) is 11.6 Å². The largest absolute Gasteiger partial charge is 0.735 e. The van der Waals surface area contributed by atoms with Crippen molar-refractivity contribution >= 4 is 10.3 Å². The zero-order valence-electron chi connectivity index (χ0n) is 8.38. The minimum absolute atomic E-state index is 0.228. The molecule has 0 aliphatic rings. The van der Waals surface area contributed by atoms with E-state index >= 15 is 0 Å². The molecule has 4 N–H and O–H groups in total. The molecule has 5 nitrogen and oxygen atoms in total. The summed E-state index contributed by atoms with van der Waals surface area (Å²) in [6.45, 7) is 5.27. The summed E-state index contributed by atoms with van der Waals surface area (Å²) in [5.41, 5.74) is 3.68. The van der Waals surface area contributed by atoms with E-state index in [9.17, 15) is 13.0 Å². The molecule has 82 valence electrons. The monoisotopic (exact) mass is 212 g/mol. The Balaban J connectivity index is 0. The van der Waals surface area contributed by atoms with Gasteiger partial charge in [-0.25, -0.2) is 13.1 Å².